The lowest BCUT2D eigenvalue weighted by atomic mass is 10.3. The third-order valence-electron chi connectivity index (χ3n) is 2.02. The molecule has 5 nitrogen and oxygen atoms in total. The number of carbonyl (C=O) groups excluding carboxylic acids is 1. The topological polar surface area (TPSA) is 63.3 Å². The highest BCUT2D eigenvalue weighted by Crippen LogP contribution is 2.27. The Balaban J connectivity index is 2.01. The van der Waals surface area contributed by atoms with E-state index in [2.05, 4.69) is 15.6 Å². The molecule has 7 heteroatoms. The average Bonchev–Trinajstić information content (AvgIpc) is 2.76. The van der Waals surface area contributed by atoms with Crippen LogP contribution in [0.3, 0.4) is 0 Å². The van der Waals surface area contributed by atoms with Gasteiger partial charge in [0.05, 0.1) is 5.51 Å². The number of benzene rings is 1. The number of rotatable bonds is 3. The van der Waals surface area contributed by atoms with Gasteiger partial charge >= 0.3 is 6.09 Å². The minimum Gasteiger partial charge on any atom is -0.388 e. The average molecular weight is 284 g/mol. The van der Waals surface area contributed by atoms with Crippen molar-refractivity contribution >= 4 is 39.7 Å². The van der Waals surface area contributed by atoms with Crippen LogP contribution in [0.1, 0.15) is 0 Å². The van der Waals surface area contributed by atoms with E-state index in [0.29, 0.717) is 15.7 Å². The number of anilines is 2. The molecule has 0 aliphatic carbocycles. The number of halogens is 1. The van der Waals surface area contributed by atoms with E-state index in [-0.39, 0.29) is 5.88 Å². The molecular formula is C11H10ClN3O2S. The van der Waals surface area contributed by atoms with E-state index in [1.807, 2.05) is 0 Å². The Labute approximate surface area is 113 Å². The highest BCUT2D eigenvalue weighted by Gasteiger charge is 2.11. The molecule has 1 aromatic carbocycles. The van der Waals surface area contributed by atoms with Crippen LogP contribution in [-0.4, -0.2) is 18.1 Å². The van der Waals surface area contributed by atoms with Crippen molar-refractivity contribution in [3.63, 3.8) is 0 Å². The lowest BCUT2D eigenvalue weighted by Crippen LogP contribution is -2.17. The fourth-order valence-corrected chi connectivity index (χ4v) is 2.03. The molecule has 94 valence electrons. The first-order valence-electron chi connectivity index (χ1n) is 5.04. The Morgan fingerprint density at radius 2 is 2.33 bits per heavy atom. The van der Waals surface area contributed by atoms with Gasteiger partial charge in [0, 0.05) is 17.8 Å². The summed E-state index contributed by atoms with van der Waals surface area (Å²) in [6, 6.07) is 6.80. The summed E-state index contributed by atoms with van der Waals surface area (Å²) < 4.78 is 5.06. The van der Waals surface area contributed by atoms with Gasteiger partial charge in [-0.2, -0.15) is 0 Å². The molecule has 2 aromatic rings. The van der Waals surface area contributed by atoms with Gasteiger partial charge in [0.15, 0.2) is 5.00 Å². The second-order valence-electron chi connectivity index (χ2n) is 3.26. The molecular weight excluding hydrogens is 274 g/mol. The molecule has 0 unspecified atom stereocenters. The van der Waals surface area contributed by atoms with Crippen molar-refractivity contribution in [1.29, 1.82) is 0 Å². The van der Waals surface area contributed by atoms with Crippen molar-refractivity contribution in [3.8, 4) is 5.88 Å². The number of nitrogens with one attached hydrogen (secondary N) is 2. The van der Waals surface area contributed by atoms with E-state index in [9.17, 15) is 4.79 Å². The number of hydrogen-bond acceptors (Lipinski definition) is 5. The molecule has 2 N–H and O–H groups in total. The van der Waals surface area contributed by atoms with Gasteiger partial charge < -0.3 is 10.1 Å². The van der Waals surface area contributed by atoms with Crippen molar-refractivity contribution in [2.75, 3.05) is 17.7 Å². The number of carbonyl (C=O) groups is 1. The summed E-state index contributed by atoms with van der Waals surface area (Å²) in [5.74, 6) is 0.252. The number of nitrogens with zero attached hydrogens (tertiary/aromatic N) is 1. The molecule has 18 heavy (non-hydrogen) atoms. The largest absolute Gasteiger partial charge is 0.418 e. The molecule has 1 aromatic heterocycles. The van der Waals surface area contributed by atoms with Gasteiger partial charge in [0.2, 0.25) is 0 Å². The van der Waals surface area contributed by atoms with Gasteiger partial charge in [-0.15, -0.1) is 11.3 Å². The molecule has 0 aliphatic rings. The van der Waals surface area contributed by atoms with E-state index in [0.717, 1.165) is 0 Å². The first kappa shape index (κ1) is 12.7. The van der Waals surface area contributed by atoms with Crippen LogP contribution in [0.15, 0.2) is 29.8 Å². The monoisotopic (exact) mass is 283 g/mol. The van der Waals surface area contributed by atoms with Crippen LogP contribution in [0.25, 0.3) is 0 Å². The second-order valence-corrected chi connectivity index (χ2v) is 4.55. The first-order valence-corrected chi connectivity index (χ1v) is 6.30. The van der Waals surface area contributed by atoms with Crippen LogP contribution in [0.5, 0.6) is 5.88 Å². The molecule has 0 atom stereocenters. The number of amides is 1. The highest BCUT2D eigenvalue weighted by atomic mass is 35.5. The number of hydrogen-bond donors (Lipinski definition) is 2. The molecule has 0 aliphatic heterocycles. The minimum atomic E-state index is -0.611. The minimum absolute atomic E-state index is 0.252. The fourth-order valence-electron chi connectivity index (χ4n) is 1.27. The first-order chi connectivity index (χ1) is 8.69. The standard InChI is InChI=1S/C11H10ClN3O2S/c1-13-10-9(14-6-18-10)17-11(16)15-8-4-2-3-7(12)5-8/h2-6,13H,1H3,(H,15,16). The number of thiazole rings is 1. The summed E-state index contributed by atoms with van der Waals surface area (Å²) in [4.78, 5) is 15.6. The van der Waals surface area contributed by atoms with E-state index in [1.165, 1.54) is 11.3 Å². The predicted octanol–water partition coefficient (Wildman–Crippen LogP) is 3.45. The van der Waals surface area contributed by atoms with Crippen molar-refractivity contribution < 1.29 is 9.53 Å². The second kappa shape index (κ2) is 5.70. The summed E-state index contributed by atoms with van der Waals surface area (Å²) in [5.41, 5.74) is 2.15. The van der Waals surface area contributed by atoms with Crippen LogP contribution in [0.4, 0.5) is 15.5 Å². The Bertz CT molecular complexity index is 559. The van der Waals surface area contributed by atoms with Gasteiger partial charge in [-0.1, -0.05) is 17.7 Å². The highest BCUT2D eigenvalue weighted by molar-refractivity contribution is 7.14. The zero-order valence-corrected chi connectivity index (χ0v) is 11.0. The zero-order chi connectivity index (χ0) is 13.0. The van der Waals surface area contributed by atoms with E-state index < -0.39 is 6.09 Å². The molecule has 1 heterocycles. The van der Waals surface area contributed by atoms with Gasteiger partial charge in [0.1, 0.15) is 0 Å². The Morgan fingerprint density at radius 3 is 3.06 bits per heavy atom. The molecule has 0 radical (unpaired) electrons. The van der Waals surface area contributed by atoms with Crippen LogP contribution < -0.4 is 15.4 Å². The Morgan fingerprint density at radius 1 is 1.50 bits per heavy atom. The summed E-state index contributed by atoms with van der Waals surface area (Å²) in [6.45, 7) is 0. The predicted molar refractivity (Wildman–Crippen MR) is 72.8 cm³/mol. The molecule has 1 amide bonds. The molecule has 0 bridgehead atoms. The lowest BCUT2D eigenvalue weighted by Gasteiger charge is -2.06. The lowest BCUT2D eigenvalue weighted by molar-refractivity contribution is 0.214. The van der Waals surface area contributed by atoms with Gasteiger partial charge in [-0.05, 0) is 18.2 Å². The van der Waals surface area contributed by atoms with Crippen molar-refractivity contribution in [2.45, 2.75) is 0 Å². The smallest absolute Gasteiger partial charge is 0.388 e. The third-order valence-corrected chi connectivity index (χ3v) is 3.08. The fraction of sp³-hybridized carbons (Fsp3) is 0.0909. The summed E-state index contributed by atoms with van der Waals surface area (Å²) in [7, 11) is 1.73. The van der Waals surface area contributed by atoms with E-state index in [4.69, 9.17) is 16.3 Å². The molecule has 2 rings (SSSR count). The Hall–Kier alpha value is -1.79. The number of aromatic nitrogens is 1. The maximum Gasteiger partial charge on any atom is 0.418 e. The summed E-state index contributed by atoms with van der Waals surface area (Å²) in [6.07, 6.45) is -0.611. The van der Waals surface area contributed by atoms with Gasteiger partial charge in [-0.3, -0.25) is 5.32 Å². The molecule has 0 saturated heterocycles. The summed E-state index contributed by atoms with van der Waals surface area (Å²) in [5, 5.41) is 6.68. The molecule has 0 fully saturated rings. The van der Waals surface area contributed by atoms with E-state index in [1.54, 1.807) is 36.8 Å². The zero-order valence-electron chi connectivity index (χ0n) is 9.44. The molecule has 0 spiro atoms. The maximum atomic E-state index is 11.6. The SMILES string of the molecule is CNc1scnc1OC(=O)Nc1cccc(Cl)c1. The molecule has 0 saturated carbocycles. The normalized spacial score (nSPS) is 9.89. The van der Waals surface area contributed by atoms with E-state index >= 15 is 0 Å². The van der Waals surface area contributed by atoms with Crippen molar-refractivity contribution in [2.24, 2.45) is 0 Å². The van der Waals surface area contributed by atoms with Crippen molar-refractivity contribution in [1.82, 2.24) is 4.98 Å². The van der Waals surface area contributed by atoms with Crippen LogP contribution >= 0.6 is 22.9 Å². The summed E-state index contributed by atoms with van der Waals surface area (Å²) >= 11 is 7.16. The van der Waals surface area contributed by atoms with Gasteiger partial charge in [-0.25, -0.2) is 9.78 Å². The van der Waals surface area contributed by atoms with Crippen LogP contribution in [0, 0.1) is 0 Å². The number of ether oxygens (including phenoxy) is 1. The van der Waals surface area contributed by atoms with Gasteiger partial charge in [0.25, 0.3) is 5.88 Å². The van der Waals surface area contributed by atoms with Crippen LogP contribution in [-0.2, 0) is 0 Å². The quantitative estimate of drug-likeness (QED) is 0.905. The maximum absolute atomic E-state index is 11.6. The van der Waals surface area contributed by atoms with Crippen molar-refractivity contribution in [3.05, 3.63) is 34.8 Å². The third kappa shape index (κ3) is 3.12. The van der Waals surface area contributed by atoms with Crippen LogP contribution in [0.2, 0.25) is 5.02 Å². The Kier molecular flexibility index (Phi) is 4.01.